The van der Waals surface area contributed by atoms with Crippen molar-refractivity contribution >= 4 is 5.91 Å². The molecule has 3 nitrogen and oxygen atoms in total. The standard InChI is InChI=1S/C12H22N2O/c1-10(11-5-6-11)13-9-12(15)14-7-3-2-4-8-14/h10-11,13H,2-9H2,1H3. The molecule has 1 saturated heterocycles. The van der Waals surface area contributed by atoms with Crippen molar-refractivity contribution in [1.82, 2.24) is 10.2 Å². The van der Waals surface area contributed by atoms with Gasteiger partial charge in [0.25, 0.3) is 0 Å². The van der Waals surface area contributed by atoms with E-state index in [9.17, 15) is 4.79 Å². The molecule has 1 saturated carbocycles. The van der Waals surface area contributed by atoms with E-state index in [1.54, 1.807) is 0 Å². The first-order valence-electron chi connectivity index (χ1n) is 6.28. The summed E-state index contributed by atoms with van der Waals surface area (Å²) in [6, 6.07) is 0.527. The summed E-state index contributed by atoms with van der Waals surface area (Å²) in [4.78, 5) is 13.8. The fourth-order valence-electron chi connectivity index (χ4n) is 2.27. The molecule has 2 aliphatic rings. The molecule has 0 radical (unpaired) electrons. The lowest BCUT2D eigenvalue weighted by atomic mass is 10.1. The van der Waals surface area contributed by atoms with Gasteiger partial charge < -0.3 is 10.2 Å². The molecule has 0 bridgehead atoms. The predicted octanol–water partition coefficient (Wildman–Crippen LogP) is 1.39. The molecule has 2 fully saturated rings. The average Bonchev–Trinajstić information content (AvgIpc) is 3.10. The lowest BCUT2D eigenvalue weighted by Crippen LogP contribution is -2.43. The van der Waals surface area contributed by atoms with Crippen LogP contribution in [-0.2, 0) is 4.79 Å². The summed E-state index contributed by atoms with van der Waals surface area (Å²) in [6.07, 6.45) is 6.33. The topological polar surface area (TPSA) is 32.3 Å². The van der Waals surface area contributed by atoms with E-state index in [2.05, 4.69) is 12.2 Å². The number of nitrogens with zero attached hydrogens (tertiary/aromatic N) is 1. The van der Waals surface area contributed by atoms with E-state index in [4.69, 9.17) is 0 Å². The Morgan fingerprint density at radius 2 is 2.00 bits per heavy atom. The second-order valence-corrected chi connectivity index (χ2v) is 4.95. The largest absolute Gasteiger partial charge is 0.342 e. The lowest BCUT2D eigenvalue weighted by Gasteiger charge is -2.27. The monoisotopic (exact) mass is 210 g/mol. The molecule has 1 unspecified atom stereocenters. The van der Waals surface area contributed by atoms with Gasteiger partial charge in [-0.05, 0) is 44.9 Å². The summed E-state index contributed by atoms with van der Waals surface area (Å²) in [7, 11) is 0. The quantitative estimate of drug-likeness (QED) is 0.760. The predicted molar refractivity (Wildman–Crippen MR) is 60.6 cm³/mol. The summed E-state index contributed by atoms with van der Waals surface area (Å²) in [6.45, 7) is 4.68. The van der Waals surface area contributed by atoms with Gasteiger partial charge in [-0.25, -0.2) is 0 Å². The van der Waals surface area contributed by atoms with Gasteiger partial charge in [-0.3, -0.25) is 4.79 Å². The van der Waals surface area contributed by atoms with Crippen LogP contribution in [-0.4, -0.2) is 36.5 Å². The van der Waals surface area contributed by atoms with Gasteiger partial charge in [0.15, 0.2) is 0 Å². The van der Waals surface area contributed by atoms with Gasteiger partial charge in [0.1, 0.15) is 0 Å². The highest BCUT2D eigenvalue weighted by molar-refractivity contribution is 5.78. The van der Waals surface area contributed by atoms with Gasteiger partial charge in [-0.2, -0.15) is 0 Å². The van der Waals surface area contributed by atoms with Gasteiger partial charge in [0, 0.05) is 19.1 Å². The number of piperidine rings is 1. The first kappa shape index (κ1) is 10.9. The first-order valence-corrected chi connectivity index (χ1v) is 6.28. The minimum absolute atomic E-state index is 0.294. The Hall–Kier alpha value is -0.570. The number of hydrogen-bond donors (Lipinski definition) is 1. The maximum absolute atomic E-state index is 11.8. The van der Waals surface area contributed by atoms with E-state index in [0.29, 0.717) is 18.5 Å². The molecule has 1 aliphatic carbocycles. The van der Waals surface area contributed by atoms with E-state index >= 15 is 0 Å². The number of carbonyl (C=O) groups is 1. The number of nitrogens with one attached hydrogen (secondary N) is 1. The second-order valence-electron chi connectivity index (χ2n) is 4.95. The zero-order valence-electron chi connectivity index (χ0n) is 9.67. The molecule has 15 heavy (non-hydrogen) atoms. The van der Waals surface area contributed by atoms with Crippen LogP contribution in [0.1, 0.15) is 39.0 Å². The Bertz CT molecular complexity index is 220. The van der Waals surface area contributed by atoms with Crippen LogP contribution < -0.4 is 5.32 Å². The third-order valence-corrected chi connectivity index (χ3v) is 3.61. The highest BCUT2D eigenvalue weighted by atomic mass is 16.2. The zero-order valence-corrected chi connectivity index (χ0v) is 9.67. The van der Waals surface area contributed by atoms with Crippen LogP contribution in [0.15, 0.2) is 0 Å². The number of rotatable bonds is 4. The van der Waals surface area contributed by atoms with Crippen molar-refractivity contribution in [3.05, 3.63) is 0 Å². The molecule has 1 atom stereocenters. The first-order chi connectivity index (χ1) is 7.27. The van der Waals surface area contributed by atoms with E-state index in [1.165, 1.54) is 32.1 Å². The molecule has 1 heterocycles. The highest BCUT2D eigenvalue weighted by Crippen LogP contribution is 2.32. The highest BCUT2D eigenvalue weighted by Gasteiger charge is 2.28. The maximum Gasteiger partial charge on any atom is 0.236 e. The molecule has 1 amide bonds. The molecule has 0 aromatic carbocycles. The molecule has 1 aliphatic heterocycles. The Balaban J connectivity index is 1.66. The van der Waals surface area contributed by atoms with Crippen molar-refractivity contribution in [3.63, 3.8) is 0 Å². The molecule has 0 spiro atoms. The molecule has 0 aromatic rings. The van der Waals surface area contributed by atoms with E-state index in [1.807, 2.05) is 4.90 Å². The van der Waals surface area contributed by atoms with Crippen LogP contribution in [0.5, 0.6) is 0 Å². The molecular weight excluding hydrogens is 188 g/mol. The van der Waals surface area contributed by atoms with Gasteiger partial charge in [-0.1, -0.05) is 0 Å². The van der Waals surface area contributed by atoms with Gasteiger partial charge in [-0.15, -0.1) is 0 Å². The summed E-state index contributed by atoms with van der Waals surface area (Å²) < 4.78 is 0. The van der Waals surface area contributed by atoms with Crippen molar-refractivity contribution in [2.24, 2.45) is 5.92 Å². The molecule has 1 N–H and O–H groups in total. The van der Waals surface area contributed by atoms with Crippen molar-refractivity contribution in [1.29, 1.82) is 0 Å². The summed E-state index contributed by atoms with van der Waals surface area (Å²) in [5, 5.41) is 3.35. The number of carbonyl (C=O) groups excluding carboxylic acids is 1. The van der Waals surface area contributed by atoms with Crippen molar-refractivity contribution < 1.29 is 4.79 Å². The van der Waals surface area contributed by atoms with Gasteiger partial charge in [0.05, 0.1) is 6.54 Å². The third kappa shape index (κ3) is 3.20. The normalized spacial score (nSPS) is 23.9. The summed E-state index contributed by atoms with van der Waals surface area (Å²) in [5.74, 6) is 1.13. The van der Waals surface area contributed by atoms with Crippen LogP contribution >= 0.6 is 0 Å². The lowest BCUT2D eigenvalue weighted by molar-refractivity contribution is -0.131. The van der Waals surface area contributed by atoms with Crippen molar-refractivity contribution in [3.8, 4) is 0 Å². The smallest absolute Gasteiger partial charge is 0.236 e. The maximum atomic E-state index is 11.8. The number of amides is 1. The van der Waals surface area contributed by atoms with E-state index in [-0.39, 0.29) is 0 Å². The minimum Gasteiger partial charge on any atom is -0.342 e. The van der Waals surface area contributed by atoms with Crippen LogP contribution in [0.3, 0.4) is 0 Å². The fraction of sp³-hybridized carbons (Fsp3) is 0.917. The van der Waals surface area contributed by atoms with Crippen LogP contribution in [0.25, 0.3) is 0 Å². The van der Waals surface area contributed by atoms with Crippen molar-refractivity contribution in [2.75, 3.05) is 19.6 Å². The Kier molecular flexibility index (Phi) is 3.62. The van der Waals surface area contributed by atoms with Crippen LogP contribution in [0, 0.1) is 5.92 Å². The molecule has 86 valence electrons. The molecule has 3 heteroatoms. The molecule has 2 rings (SSSR count). The van der Waals surface area contributed by atoms with E-state index in [0.717, 1.165) is 19.0 Å². The Morgan fingerprint density at radius 3 is 2.60 bits per heavy atom. The van der Waals surface area contributed by atoms with Crippen LogP contribution in [0.2, 0.25) is 0 Å². The van der Waals surface area contributed by atoms with Gasteiger partial charge in [0.2, 0.25) is 5.91 Å². The van der Waals surface area contributed by atoms with Gasteiger partial charge >= 0.3 is 0 Å². The summed E-state index contributed by atoms with van der Waals surface area (Å²) >= 11 is 0. The number of likely N-dealkylation sites (tertiary alicyclic amines) is 1. The minimum atomic E-state index is 0.294. The number of hydrogen-bond acceptors (Lipinski definition) is 2. The summed E-state index contributed by atoms with van der Waals surface area (Å²) in [5.41, 5.74) is 0. The third-order valence-electron chi connectivity index (χ3n) is 3.61. The van der Waals surface area contributed by atoms with E-state index < -0.39 is 0 Å². The fourth-order valence-corrected chi connectivity index (χ4v) is 2.27. The van der Waals surface area contributed by atoms with Crippen LogP contribution in [0.4, 0.5) is 0 Å². The Morgan fingerprint density at radius 1 is 1.33 bits per heavy atom. The SMILES string of the molecule is CC(NCC(=O)N1CCCCC1)C1CC1. The zero-order chi connectivity index (χ0) is 10.7. The average molecular weight is 210 g/mol. The van der Waals surface area contributed by atoms with Crippen molar-refractivity contribution in [2.45, 2.75) is 45.1 Å². The molecule has 0 aromatic heterocycles. The molecular formula is C12H22N2O. The Labute approximate surface area is 92.2 Å². The second kappa shape index (κ2) is 4.97.